The molecule has 1 aromatic carbocycles. The van der Waals surface area contributed by atoms with Gasteiger partial charge in [-0.2, -0.15) is 0 Å². The van der Waals surface area contributed by atoms with Gasteiger partial charge in [0, 0.05) is 11.6 Å². The van der Waals surface area contributed by atoms with E-state index in [-0.39, 0.29) is 0 Å². The van der Waals surface area contributed by atoms with Crippen LogP contribution >= 0.6 is 0 Å². The minimum Gasteiger partial charge on any atom is -0.256 e. The zero-order valence-corrected chi connectivity index (χ0v) is 18.4. The lowest BCUT2D eigenvalue weighted by Crippen LogP contribution is -2.46. The topological polar surface area (TPSA) is 12.9 Å². The Morgan fingerprint density at radius 1 is 1.00 bits per heavy atom. The Morgan fingerprint density at radius 3 is 2.44 bits per heavy atom. The molecule has 1 nitrogen and oxygen atoms in total. The molecule has 3 rings (SSSR count). The van der Waals surface area contributed by atoms with E-state index in [2.05, 4.69) is 68.8 Å². The standard InChI is InChI=1S/C22H31NSi2/c1-24(2,3)17-21(18-11-7-6-8-12-18)25(4,5)20-15-9-13-19-14-10-16-23-22(19)20/h9-11,13-17H,6-8,12H2,1-5H3/b21-17+. The second-order valence-electron chi connectivity index (χ2n) is 8.90. The Labute approximate surface area is 154 Å². The van der Waals surface area contributed by atoms with Gasteiger partial charge < -0.3 is 0 Å². The highest BCUT2D eigenvalue weighted by Gasteiger charge is 2.33. The van der Waals surface area contributed by atoms with Crippen molar-refractivity contribution in [2.45, 2.75) is 58.4 Å². The number of fused-ring (bicyclic) bond motifs is 1. The molecule has 1 aromatic heterocycles. The Balaban J connectivity index is 2.19. The second kappa shape index (κ2) is 7.04. The maximum atomic E-state index is 4.77. The van der Waals surface area contributed by atoms with Crippen LogP contribution in [0.25, 0.3) is 10.9 Å². The summed E-state index contributed by atoms with van der Waals surface area (Å²) in [6.07, 6.45) is 9.66. The molecule has 1 aliphatic rings. The molecular weight excluding hydrogens is 334 g/mol. The quantitative estimate of drug-likeness (QED) is 0.606. The molecule has 0 saturated heterocycles. The summed E-state index contributed by atoms with van der Waals surface area (Å²) in [6, 6.07) is 11.0. The molecule has 0 N–H and O–H groups in total. The summed E-state index contributed by atoms with van der Waals surface area (Å²) in [7, 11) is -3.11. The van der Waals surface area contributed by atoms with E-state index >= 15 is 0 Å². The lowest BCUT2D eigenvalue weighted by atomic mass is 10.00. The zero-order valence-electron chi connectivity index (χ0n) is 16.4. The Kier molecular flexibility index (Phi) is 5.17. The van der Waals surface area contributed by atoms with Crippen LogP contribution in [0.1, 0.15) is 25.7 Å². The maximum Gasteiger partial charge on any atom is 0.114 e. The first kappa shape index (κ1) is 18.3. The number of rotatable bonds is 4. The average molecular weight is 366 g/mol. The van der Waals surface area contributed by atoms with E-state index in [1.54, 1.807) is 10.8 Å². The highest BCUT2D eigenvalue weighted by molar-refractivity contribution is 6.99. The summed E-state index contributed by atoms with van der Waals surface area (Å²) >= 11 is 0. The third-order valence-corrected chi connectivity index (χ3v) is 10.2. The number of allylic oxidation sites excluding steroid dienone is 3. The normalized spacial score (nSPS) is 16.8. The van der Waals surface area contributed by atoms with Gasteiger partial charge in [0.05, 0.1) is 13.6 Å². The van der Waals surface area contributed by atoms with Crippen molar-refractivity contribution in [2.75, 3.05) is 0 Å². The summed E-state index contributed by atoms with van der Waals surface area (Å²) in [5.41, 5.74) is 5.54. The van der Waals surface area contributed by atoms with E-state index in [0.717, 1.165) is 0 Å². The lowest BCUT2D eigenvalue weighted by molar-refractivity contribution is 0.709. The molecule has 0 bridgehead atoms. The van der Waals surface area contributed by atoms with Crippen molar-refractivity contribution in [3.05, 3.63) is 59.1 Å². The first-order chi connectivity index (χ1) is 11.8. The van der Waals surface area contributed by atoms with Crippen LogP contribution in [0.15, 0.2) is 59.1 Å². The molecule has 132 valence electrons. The summed E-state index contributed by atoms with van der Waals surface area (Å²) in [5.74, 6) is 0. The van der Waals surface area contributed by atoms with Crippen molar-refractivity contribution in [2.24, 2.45) is 0 Å². The Hall–Kier alpha value is -1.46. The van der Waals surface area contributed by atoms with Gasteiger partial charge in [0.1, 0.15) is 8.07 Å². The highest BCUT2D eigenvalue weighted by Crippen LogP contribution is 2.32. The number of nitrogens with zero attached hydrogens (tertiary/aromatic N) is 1. The van der Waals surface area contributed by atoms with Crippen LogP contribution in [0.5, 0.6) is 0 Å². The fraction of sp³-hybridized carbons (Fsp3) is 0.409. The third-order valence-electron chi connectivity index (χ3n) is 5.19. The lowest BCUT2D eigenvalue weighted by Gasteiger charge is -2.32. The fourth-order valence-corrected chi connectivity index (χ4v) is 10.4. The number of benzene rings is 1. The van der Waals surface area contributed by atoms with Gasteiger partial charge in [0.15, 0.2) is 0 Å². The maximum absolute atomic E-state index is 4.77. The van der Waals surface area contributed by atoms with Gasteiger partial charge in [-0.15, -0.1) is 0 Å². The first-order valence-electron chi connectivity index (χ1n) is 9.56. The fourth-order valence-electron chi connectivity index (χ4n) is 3.94. The Morgan fingerprint density at radius 2 is 1.76 bits per heavy atom. The molecule has 0 unspecified atom stereocenters. The van der Waals surface area contributed by atoms with Gasteiger partial charge in [-0.25, -0.2) is 0 Å². The summed E-state index contributed by atoms with van der Waals surface area (Å²) < 4.78 is 0. The van der Waals surface area contributed by atoms with Crippen molar-refractivity contribution in [1.29, 1.82) is 0 Å². The van der Waals surface area contributed by atoms with E-state index in [4.69, 9.17) is 4.98 Å². The van der Waals surface area contributed by atoms with Gasteiger partial charge in [-0.05, 0) is 36.9 Å². The molecule has 3 heteroatoms. The monoisotopic (exact) mass is 365 g/mol. The van der Waals surface area contributed by atoms with Gasteiger partial charge in [0.2, 0.25) is 0 Å². The molecule has 0 radical (unpaired) electrons. The smallest absolute Gasteiger partial charge is 0.114 e. The molecule has 1 aliphatic carbocycles. The highest BCUT2D eigenvalue weighted by atomic mass is 28.3. The predicted octanol–water partition coefficient (Wildman–Crippen LogP) is 5.99. The van der Waals surface area contributed by atoms with E-state index < -0.39 is 16.1 Å². The van der Waals surface area contributed by atoms with Crippen LogP contribution in [0.3, 0.4) is 0 Å². The predicted molar refractivity (Wildman–Crippen MR) is 117 cm³/mol. The molecule has 1 heterocycles. The first-order valence-corrected chi connectivity index (χ1v) is 16.1. The van der Waals surface area contributed by atoms with Gasteiger partial charge >= 0.3 is 0 Å². The van der Waals surface area contributed by atoms with Crippen LogP contribution in [0.2, 0.25) is 32.7 Å². The number of hydrogen-bond donors (Lipinski definition) is 0. The van der Waals surface area contributed by atoms with Crippen molar-refractivity contribution >= 4 is 32.2 Å². The van der Waals surface area contributed by atoms with E-state index in [1.807, 2.05) is 12.3 Å². The molecule has 0 spiro atoms. The minimum absolute atomic E-state index is 1.21. The zero-order chi connectivity index (χ0) is 18.1. The third kappa shape index (κ3) is 4.04. The number of pyridine rings is 1. The molecule has 0 amide bonds. The SMILES string of the molecule is C[Si](C)(C)/C=C(\C1=CCCCC1)[Si](C)(C)c1cccc2cccnc12. The van der Waals surface area contributed by atoms with E-state index in [0.29, 0.717) is 0 Å². The molecule has 25 heavy (non-hydrogen) atoms. The van der Waals surface area contributed by atoms with Crippen LogP contribution in [-0.2, 0) is 0 Å². The van der Waals surface area contributed by atoms with Gasteiger partial charge in [0.25, 0.3) is 0 Å². The van der Waals surface area contributed by atoms with Crippen molar-refractivity contribution < 1.29 is 0 Å². The van der Waals surface area contributed by atoms with E-state index in [9.17, 15) is 0 Å². The number of hydrogen-bond acceptors (Lipinski definition) is 1. The largest absolute Gasteiger partial charge is 0.256 e. The Bertz CT molecular complexity index is 820. The molecule has 0 fully saturated rings. The summed E-state index contributed by atoms with van der Waals surface area (Å²) in [5, 5.41) is 4.44. The van der Waals surface area contributed by atoms with Crippen LogP contribution < -0.4 is 5.19 Å². The summed E-state index contributed by atoms with van der Waals surface area (Å²) in [4.78, 5) is 4.77. The molecule has 0 saturated carbocycles. The summed E-state index contributed by atoms with van der Waals surface area (Å²) in [6.45, 7) is 12.4. The second-order valence-corrected chi connectivity index (χ2v) is 18.3. The molecule has 2 aromatic rings. The minimum atomic E-state index is -1.81. The van der Waals surface area contributed by atoms with Gasteiger partial charge in [-0.1, -0.05) is 79.5 Å². The molecular formula is C22H31NSi2. The molecule has 0 aliphatic heterocycles. The van der Waals surface area contributed by atoms with Crippen molar-refractivity contribution in [3.63, 3.8) is 0 Å². The van der Waals surface area contributed by atoms with Crippen LogP contribution in [-0.4, -0.2) is 21.1 Å². The van der Waals surface area contributed by atoms with Crippen molar-refractivity contribution in [1.82, 2.24) is 4.98 Å². The van der Waals surface area contributed by atoms with Crippen LogP contribution in [0, 0.1) is 0 Å². The van der Waals surface area contributed by atoms with Gasteiger partial charge in [-0.3, -0.25) is 4.98 Å². The molecule has 0 atom stereocenters. The number of para-hydroxylation sites is 1. The number of aromatic nitrogens is 1. The van der Waals surface area contributed by atoms with E-state index in [1.165, 1.54) is 41.8 Å². The van der Waals surface area contributed by atoms with Crippen molar-refractivity contribution in [3.8, 4) is 0 Å². The van der Waals surface area contributed by atoms with Crippen LogP contribution in [0.4, 0.5) is 0 Å². The average Bonchev–Trinajstić information content (AvgIpc) is 2.59.